The van der Waals surface area contributed by atoms with Crippen LogP contribution in [0.15, 0.2) is 24.3 Å². The Labute approximate surface area is 100 Å². The van der Waals surface area contributed by atoms with Crippen molar-refractivity contribution in [3.63, 3.8) is 0 Å². The summed E-state index contributed by atoms with van der Waals surface area (Å²) in [5.74, 6) is -0.980. The highest BCUT2D eigenvalue weighted by molar-refractivity contribution is 5.91. The highest BCUT2D eigenvalue weighted by Crippen LogP contribution is 2.10. The second-order valence-corrected chi connectivity index (χ2v) is 3.48. The number of carboxylic acids is 1. The number of hydrogen-bond acceptors (Lipinski definition) is 2. The van der Waals surface area contributed by atoms with E-state index in [9.17, 15) is 9.59 Å². The number of rotatable bonds is 4. The van der Waals surface area contributed by atoms with Crippen molar-refractivity contribution in [2.75, 3.05) is 18.4 Å². The minimum absolute atomic E-state index is 0.182. The van der Waals surface area contributed by atoms with E-state index >= 15 is 0 Å². The van der Waals surface area contributed by atoms with Crippen molar-refractivity contribution in [3.8, 4) is 0 Å². The molecule has 0 saturated heterocycles. The van der Waals surface area contributed by atoms with Crippen molar-refractivity contribution < 1.29 is 14.7 Å². The summed E-state index contributed by atoms with van der Waals surface area (Å²) in [6, 6.07) is 5.88. The molecule has 0 aliphatic rings. The van der Waals surface area contributed by atoms with E-state index in [1.54, 1.807) is 17.0 Å². The third-order valence-electron chi connectivity index (χ3n) is 2.43. The Balaban J connectivity index is 2.69. The SMILES string of the molecule is CCN(CC)C(=O)Nc1ccc(C(=O)O)cc1. The van der Waals surface area contributed by atoms with Crippen LogP contribution in [0.3, 0.4) is 0 Å². The van der Waals surface area contributed by atoms with Crippen LogP contribution in [0.1, 0.15) is 24.2 Å². The standard InChI is InChI=1S/C12H16N2O3/c1-3-14(4-2)12(17)13-10-7-5-9(6-8-10)11(15)16/h5-8H,3-4H2,1-2H3,(H,13,17)(H,15,16). The second kappa shape index (κ2) is 5.89. The van der Waals surface area contributed by atoms with E-state index in [-0.39, 0.29) is 11.6 Å². The molecular weight excluding hydrogens is 220 g/mol. The van der Waals surface area contributed by atoms with Gasteiger partial charge in [-0.1, -0.05) is 0 Å². The summed E-state index contributed by atoms with van der Waals surface area (Å²) in [5.41, 5.74) is 0.790. The monoisotopic (exact) mass is 236 g/mol. The molecule has 2 amide bonds. The van der Waals surface area contributed by atoms with Crippen LogP contribution in [0.4, 0.5) is 10.5 Å². The number of aromatic carboxylic acids is 1. The Morgan fingerprint density at radius 3 is 2.12 bits per heavy atom. The fourth-order valence-electron chi connectivity index (χ4n) is 1.41. The second-order valence-electron chi connectivity index (χ2n) is 3.48. The van der Waals surface area contributed by atoms with Crippen molar-refractivity contribution in [2.24, 2.45) is 0 Å². The maximum Gasteiger partial charge on any atom is 0.335 e. The van der Waals surface area contributed by atoms with Crippen molar-refractivity contribution in [3.05, 3.63) is 29.8 Å². The van der Waals surface area contributed by atoms with E-state index in [0.29, 0.717) is 18.8 Å². The molecule has 0 aliphatic carbocycles. The lowest BCUT2D eigenvalue weighted by Crippen LogP contribution is -2.34. The number of hydrogen-bond donors (Lipinski definition) is 2. The van der Waals surface area contributed by atoms with E-state index in [0.717, 1.165) is 0 Å². The summed E-state index contributed by atoms with van der Waals surface area (Å²) in [4.78, 5) is 24.0. The van der Waals surface area contributed by atoms with Gasteiger partial charge >= 0.3 is 12.0 Å². The number of nitrogens with one attached hydrogen (secondary N) is 1. The van der Waals surface area contributed by atoms with E-state index < -0.39 is 5.97 Å². The molecule has 1 aromatic rings. The van der Waals surface area contributed by atoms with E-state index in [2.05, 4.69) is 5.32 Å². The van der Waals surface area contributed by atoms with Gasteiger partial charge in [0.25, 0.3) is 0 Å². The molecule has 1 aromatic carbocycles. The Morgan fingerprint density at radius 2 is 1.71 bits per heavy atom. The van der Waals surface area contributed by atoms with Crippen LogP contribution in [0.5, 0.6) is 0 Å². The molecule has 5 heteroatoms. The fourth-order valence-corrected chi connectivity index (χ4v) is 1.41. The van der Waals surface area contributed by atoms with Gasteiger partial charge in [0, 0.05) is 18.8 Å². The molecule has 17 heavy (non-hydrogen) atoms. The first-order valence-corrected chi connectivity index (χ1v) is 5.47. The molecule has 0 aliphatic heterocycles. The quantitative estimate of drug-likeness (QED) is 0.842. The number of anilines is 1. The zero-order chi connectivity index (χ0) is 12.8. The Hall–Kier alpha value is -2.04. The number of nitrogens with zero attached hydrogens (tertiary/aromatic N) is 1. The van der Waals surface area contributed by atoms with E-state index in [1.165, 1.54) is 12.1 Å². The van der Waals surface area contributed by atoms with Gasteiger partial charge in [-0.05, 0) is 38.1 Å². The Bertz CT molecular complexity index is 397. The number of carbonyl (C=O) groups is 2. The third-order valence-corrected chi connectivity index (χ3v) is 2.43. The largest absolute Gasteiger partial charge is 0.478 e. The summed E-state index contributed by atoms with van der Waals surface area (Å²) in [6.45, 7) is 5.07. The number of carboxylic acid groups (broad SMARTS) is 1. The maximum absolute atomic E-state index is 11.7. The molecule has 92 valence electrons. The molecule has 0 fully saturated rings. The lowest BCUT2D eigenvalue weighted by Gasteiger charge is -2.19. The van der Waals surface area contributed by atoms with E-state index in [4.69, 9.17) is 5.11 Å². The minimum atomic E-state index is -0.980. The van der Waals surface area contributed by atoms with Crippen LogP contribution in [-0.4, -0.2) is 35.1 Å². The molecular formula is C12H16N2O3. The average Bonchev–Trinajstić information content (AvgIpc) is 2.31. The minimum Gasteiger partial charge on any atom is -0.478 e. The molecule has 0 radical (unpaired) electrons. The summed E-state index contributed by atoms with van der Waals surface area (Å²) >= 11 is 0. The Morgan fingerprint density at radius 1 is 1.18 bits per heavy atom. The number of carbonyl (C=O) groups excluding carboxylic acids is 1. The molecule has 0 heterocycles. The summed E-state index contributed by atoms with van der Waals surface area (Å²) < 4.78 is 0. The normalized spacial score (nSPS) is 9.76. The van der Waals surface area contributed by atoms with Gasteiger partial charge in [-0.3, -0.25) is 0 Å². The number of benzene rings is 1. The topological polar surface area (TPSA) is 69.6 Å². The number of amides is 2. The van der Waals surface area contributed by atoms with Crippen molar-refractivity contribution in [1.82, 2.24) is 4.90 Å². The lowest BCUT2D eigenvalue weighted by atomic mass is 10.2. The number of urea groups is 1. The highest BCUT2D eigenvalue weighted by Gasteiger charge is 2.09. The fraction of sp³-hybridized carbons (Fsp3) is 0.333. The van der Waals surface area contributed by atoms with Crippen molar-refractivity contribution in [1.29, 1.82) is 0 Å². The maximum atomic E-state index is 11.7. The van der Waals surface area contributed by atoms with Crippen LogP contribution in [0.2, 0.25) is 0 Å². The van der Waals surface area contributed by atoms with Crippen LogP contribution in [0.25, 0.3) is 0 Å². The van der Waals surface area contributed by atoms with Gasteiger partial charge in [-0.2, -0.15) is 0 Å². The van der Waals surface area contributed by atoms with Crippen LogP contribution in [-0.2, 0) is 0 Å². The van der Waals surface area contributed by atoms with E-state index in [1.807, 2.05) is 13.8 Å². The van der Waals surface area contributed by atoms with Gasteiger partial charge in [-0.15, -0.1) is 0 Å². The smallest absolute Gasteiger partial charge is 0.335 e. The molecule has 1 rings (SSSR count). The average molecular weight is 236 g/mol. The first kappa shape index (κ1) is 13.0. The van der Waals surface area contributed by atoms with Crippen molar-refractivity contribution >= 4 is 17.7 Å². The summed E-state index contributed by atoms with van der Waals surface area (Å²) in [5, 5.41) is 11.4. The molecule has 0 spiro atoms. The van der Waals surface area contributed by atoms with Crippen molar-refractivity contribution in [2.45, 2.75) is 13.8 Å². The van der Waals surface area contributed by atoms with Crippen LogP contribution < -0.4 is 5.32 Å². The van der Waals surface area contributed by atoms with Gasteiger partial charge in [0.05, 0.1) is 5.56 Å². The predicted molar refractivity (Wildman–Crippen MR) is 65.3 cm³/mol. The molecule has 2 N–H and O–H groups in total. The first-order valence-electron chi connectivity index (χ1n) is 5.47. The van der Waals surface area contributed by atoms with Gasteiger partial charge in [0.15, 0.2) is 0 Å². The zero-order valence-corrected chi connectivity index (χ0v) is 9.93. The van der Waals surface area contributed by atoms with Gasteiger partial charge < -0.3 is 15.3 Å². The first-order chi connectivity index (χ1) is 8.08. The molecule has 0 unspecified atom stereocenters. The van der Waals surface area contributed by atoms with Crippen LogP contribution in [0, 0.1) is 0 Å². The van der Waals surface area contributed by atoms with Crippen LogP contribution >= 0.6 is 0 Å². The van der Waals surface area contributed by atoms with Gasteiger partial charge in [-0.25, -0.2) is 9.59 Å². The Kier molecular flexibility index (Phi) is 4.51. The van der Waals surface area contributed by atoms with Gasteiger partial charge in [0.1, 0.15) is 0 Å². The molecule has 0 saturated carbocycles. The summed E-state index contributed by atoms with van der Waals surface area (Å²) in [6.07, 6.45) is 0. The lowest BCUT2D eigenvalue weighted by molar-refractivity contribution is 0.0697. The zero-order valence-electron chi connectivity index (χ0n) is 9.93. The summed E-state index contributed by atoms with van der Waals surface area (Å²) in [7, 11) is 0. The third kappa shape index (κ3) is 3.48. The van der Waals surface area contributed by atoms with Gasteiger partial charge in [0.2, 0.25) is 0 Å². The predicted octanol–water partition coefficient (Wildman–Crippen LogP) is 2.26. The molecule has 0 aromatic heterocycles. The molecule has 0 bridgehead atoms. The molecule has 0 atom stereocenters. The highest BCUT2D eigenvalue weighted by atomic mass is 16.4. The molecule has 5 nitrogen and oxygen atoms in total.